The van der Waals surface area contributed by atoms with Crippen LogP contribution in [0.15, 0.2) is 18.2 Å². The van der Waals surface area contributed by atoms with Crippen LogP contribution in [0.5, 0.6) is 0 Å². The van der Waals surface area contributed by atoms with Crippen molar-refractivity contribution in [3.8, 4) is 0 Å². The van der Waals surface area contributed by atoms with Crippen molar-refractivity contribution in [3.05, 3.63) is 33.8 Å². The maximum atomic E-state index is 12.2. The smallest absolute Gasteiger partial charge is 0.254 e. The lowest BCUT2D eigenvalue weighted by Crippen LogP contribution is -2.64. The van der Waals surface area contributed by atoms with Gasteiger partial charge >= 0.3 is 0 Å². The Morgan fingerprint density at radius 2 is 2.11 bits per heavy atom. The molecule has 0 aliphatic heterocycles. The first-order chi connectivity index (χ1) is 9.04. The highest BCUT2D eigenvalue weighted by molar-refractivity contribution is 6.39. The van der Waals surface area contributed by atoms with E-state index >= 15 is 0 Å². The average Bonchev–Trinajstić information content (AvgIpc) is 2.36. The van der Waals surface area contributed by atoms with Crippen molar-refractivity contribution < 1.29 is 9.53 Å². The molecule has 1 aromatic carbocycles. The van der Waals surface area contributed by atoms with Crippen LogP contribution in [0.3, 0.4) is 0 Å². The Bertz CT molecular complexity index is 459. The van der Waals surface area contributed by atoms with Gasteiger partial charge in [0.25, 0.3) is 5.91 Å². The minimum absolute atomic E-state index is 0.0368. The number of hydrogen-bond acceptors (Lipinski definition) is 3. The molecular weight excluding hydrogens is 287 g/mol. The molecule has 0 radical (unpaired) electrons. The lowest BCUT2D eigenvalue weighted by Gasteiger charge is -2.42. The molecule has 1 fully saturated rings. The van der Waals surface area contributed by atoms with E-state index in [9.17, 15) is 4.79 Å². The summed E-state index contributed by atoms with van der Waals surface area (Å²) in [5, 5.41) is 3.49. The van der Waals surface area contributed by atoms with Crippen molar-refractivity contribution in [2.45, 2.75) is 31.5 Å². The van der Waals surface area contributed by atoms with E-state index in [0.717, 1.165) is 6.42 Å². The number of carbonyl (C=O) groups excluding carboxylic acids is 1. The van der Waals surface area contributed by atoms with Gasteiger partial charge in [-0.2, -0.15) is 0 Å². The van der Waals surface area contributed by atoms with Crippen molar-refractivity contribution in [1.82, 2.24) is 5.32 Å². The Morgan fingerprint density at radius 3 is 2.63 bits per heavy atom. The molecule has 1 aromatic rings. The summed E-state index contributed by atoms with van der Waals surface area (Å²) in [6.07, 6.45) is 0.708. The fourth-order valence-electron chi connectivity index (χ4n) is 2.17. The zero-order valence-corrected chi connectivity index (χ0v) is 12.0. The summed E-state index contributed by atoms with van der Waals surface area (Å²) >= 11 is 12.0. The van der Waals surface area contributed by atoms with Crippen molar-refractivity contribution in [3.63, 3.8) is 0 Å². The van der Waals surface area contributed by atoms with Gasteiger partial charge in [0.1, 0.15) is 0 Å². The van der Waals surface area contributed by atoms with Gasteiger partial charge in [0, 0.05) is 12.6 Å². The Kier molecular flexibility index (Phi) is 4.68. The molecule has 0 bridgehead atoms. The molecule has 1 saturated carbocycles. The van der Waals surface area contributed by atoms with E-state index in [1.807, 2.05) is 6.92 Å². The summed E-state index contributed by atoms with van der Waals surface area (Å²) in [6, 6.07) is 4.66. The molecular formula is C13H16Cl2N2O2. The van der Waals surface area contributed by atoms with Gasteiger partial charge in [-0.3, -0.25) is 4.79 Å². The summed E-state index contributed by atoms with van der Waals surface area (Å²) in [5.74, 6) is -0.319. The second-order valence-corrected chi connectivity index (χ2v) is 5.30. The molecule has 0 spiro atoms. The van der Waals surface area contributed by atoms with Crippen LogP contribution in [0.4, 0.5) is 0 Å². The first-order valence-electron chi connectivity index (χ1n) is 6.16. The molecule has 0 saturated heterocycles. The highest BCUT2D eigenvalue weighted by Crippen LogP contribution is 2.27. The number of benzene rings is 1. The van der Waals surface area contributed by atoms with E-state index in [1.54, 1.807) is 18.2 Å². The van der Waals surface area contributed by atoms with Crippen LogP contribution in [-0.2, 0) is 4.74 Å². The van der Waals surface area contributed by atoms with Crippen molar-refractivity contribution in [1.29, 1.82) is 0 Å². The van der Waals surface area contributed by atoms with Crippen LogP contribution in [0.25, 0.3) is 0 Å². The monoisotopic (exact) mass is 302 g/mol. The van der Waals surface area contributed by atoms with Crippen LogP contribution in [0, 0.1) is 0 Å². The first-order valence-corrected chi connectivity index (χ1v) is 6.92. The maximum Gasteiger partial charge on any atom is 0.254 e. The standard InChI is InChI=1S/C13H16Cl2N2O2/c1-2-19-10-6-9(16)12(10)17-13(18)11-7(14)4-3-5-8(11)15/h3-5,9-10,12H,2,6,16H2,1H3,(H,17,18). The maximum absolute atomic E-state index is 12.2. The number of rotatable bonds is 4. The van der Waals surface area contributed by atoms with Gasteiger partial charge in [0.2, 0.25) is 0 Å². The van der Waals surface area contributed by atoms with E-state index < -0.39 is 0 Å². The third-order valence-corrected chi connectivity index (χ3v) is 3.86. The number of halogens is 2. The van der Waals surface area contributed by atoms with E-state index in [4.69, 9.17) is 33.7 Å². The SMILES string of the molecule is CCOC1CC(N)C1NC(=O)c1c(Cl)cccc1Cl. The third-order valence-electron chi connectivity index (χ3n) is 3.23. The molecule has 2 rings (SSSR count). The fraction of sp³-hybridized carbons (Fsp3) is 0.462. The predicted octanol–water partition coefficient (Wildman–Crippen LogP) is 2.23. The molecule has 3 unspecified atom stereocenters. The van der Waals surface area contributed by atoms with Crippen LogP contribution in [0.1, 0.15) is 23.7 Å². The molecule has 0 aromatic heterocycles. The minimum Gasteiger partial charge on any atom is -0.376 e. The second kappa shape index (κ2) is 6.09. The summed E-state index contributed by atoms with van der Waals surface area (Å²) in [7, 11) is 0. The topological polar surface area (TPSA) is 64.3 Å². The quantitative estimate of drug-likeness (QED) is 0.896. The molecule has 6 heteroatoms. The second-order valence-electron chi connectivity index (χ2n) is 4.49. The summed E-state index contributed by atoms with van der Waals surface area (Å²) in [5.41, 5.74) is 6.16. The van der Waals surface area contributed by atoms with Gasteiger partial charge in [0.05, 0.1) is 27.8 Å². The number of hydrogen-bond donors (Lipinski definition) is 2. The number of amides is 1. The highest BCUT2D eigenvalue weighted by Gasteiger charge is 2.40. The van der Waals surface area contributed by atoms with E-state index in [-0.39, 0.29) is 29.7 Å². The lowest BCUT2D eigenvalue weighted by molar-refractivity contribution is -0.0300. The van der Waals surface area contributed by atoms with Gasteiger partial charge in [-0.15, -0.1) is 0 Å². The normalized spacial score (nSPS) is 25.8. The number of carbonyl (C=O) groups is 1. The molecule has 1 aliphatic rings. The molecule has 3 N–H and O–H groups in total. The molecule has 3 atom stereocenters. The summed E-state index contributed by atoms with van der Waals surface area (Å²) in [6.45, 7) is 2.50. The van der Waals surface area contributed by atoms with Crippen LogP contribution in [0.2, 0.25) is 10.0 Å². The molecule has 1 amide bonds. The van der Waals surface area contributed by atoms with E-state index in [0.29, 0.717) is 16.7 Å². The van der Waals surface area contributed by atoms with Crippen molar-refractivity contribution >= 4 is 29.1 Å². The zero-order chi connectivity index (χ0) is 14.0. The van der Waals surface area contributed by atoms with Gasteiger partial charge in [-0.05, 0) is 25.5 Å². The number of nitrogens with one attached hydrogen (secondary N) is 1. The Morgan fingerprint density at radius 1 is 1.47 bits per heavy atom. The van der Waals surface area contributed by atoms with Crippen LogP contribution < -0.4 is 11.1 Å². The Balaban J connectivity index is 2.09. The molecule has 1 aliphatic carbocycles. The largest absolute Gasteiger partial charge is 0.376 e. The predicted molar refractivity (Wildman–Crippen MR) is 75.7 cm³/mol. The van der Waals surface area contributed by atoms with Gasteiger partial charge in [-0.1, -0.05) is 29.3 Å². The molecule has 4 nitrogen and oxygen atoms in total. The van der Waals surface area contributed by atoms with Gasteiger partial charge in [-0.25, -0.2) is 0 Å². The van der Waals surface area contributed by atoms with E-state index in [2.05, 4.69) is 5.32 Å². The number of nitrogens with two attached hydrogens (primary N) is 1. The third kappa shape index (κ3) is 3.03. The zero-order valence-electron chi connectivity index (χ0n) is 10.5. The minimum atomic E-state index is -0.319. The highest BCUT2D eigenvalue weighted by atomic mass is 35.5. The number of ether oxygens (including phenoxy) is 1. The van der Waals surface area contributed by atoms with Crippen LogP contribution in [-0.4, -0.2) is 30.7 Å². The average molecular weight is 303 g/mol. The summed E-state index contributed by atoms with van der Waals surface area (Å²) < 4.78 is 5.50. The van der Waals surface area contributed by atoms with Gasteiger partial charge < -0.3 is 15.8 Å². The van der Waals surface area contributed by atoms with Crippen molar-refractivity contribution in [2.75, 3.05) is 6.61 Å². The Hall–Kier alpha value is -0.810. The van der Waals surface area contributed by atoms with E-state index in [1.165, 1.54) is 0 Å². The fourth-order valence-corrected chi connectivity index (χ4v) is 2.73. The van der Waals surface area contributed by atoms with Crippen molar-refractivity contribution in [2.24, 2.45) is 5.73 Å². The Labute approximate surface area is 122 Å². The van der Waals surface area contributed by atoms with Crippen LogP contribution >= 0.6 is 23.2 Å². The molecule has 19 heavy (non-hydrogen) atoms. The first kappa shape index (κ1) is 14.6. The lowest BCUT2D eigenvalue weighted by atomic mass is 9.83. The summed E-state index contributed by atoms with van der Waals surface area (Å²) in [4.78, 5) is 12.2. The van der Waals surface area contributed by atoms with Gasteiger partial charge in [0.15, 0.2) is 0 Å². The molecule has 0 heterocycles. The molecule has 104 valence electrons.